The Morgan fingerprint density at radius 1 is 1.30 bits per heavy atom. The summed E-state index contributed by atoms with van der Waals surface area (Å²) in [5.41, 5.74) is 10.6. The quantitative estimate of drug-likeness (QED) is 0.705. The van der Waals surface area contributed by atoms with Gasteiger partial charge in [-0.05, 0) is 56.9 Å². The van der Waals surface area contributed by atoms with Crippen molar-refractivity contribution in [1.29, 1.82) is 0 Å². The first-order valence-corrected chi connectivity index (χ1v) is 12.3. The van der Waals surface area contributed by atoms with Crippen LogP contribution in [0.25, 0.3) is 10.2 Å². The molecule has 172 valence electrons. The Kier molecular flexibility index (Phi) is 5.99. The summed E-state index contributed by atoms with van der Waals surface area (Å²) in [4.78, 5) is 27.0. The van der Waals surface area contributed by atoms with Crippen molar-refractivity contribution >= 4 is 40.0 Å². The van der Waals surface area contributed by atoms with Gasteiger partial charge in [-0.25, -0.2) is 15.0 Å². The number of carbonyl (C=O) groups is 1. The van der Waals surface area contributed by atoms with Gasteiger partial charge in [-0.3, -0.25) is 4.79 Å². The van der Waals surface area contributed by atoms with E-state index >= 15 is 0 Å². The lowest BCUT2D eigenvalue weighted by molar-refractivity contribution is 0.0662. The van der Waals surface area contributed by atoms with E-state index in [0.29, 0.717) is 11.4 Å². The highest BCUT2D eigenvalue weighted by atomic mass is 32.1. The number of hydrazone groups is 1. The van der Waals surface area contributed by atoms with Crippen LogP contribution in [0.1, 0.15) is 43.0 Å². The fraction of sp³-hybridized carbons (Fsp3) is 0.417. The normalized spacial score (nSPS) is 24.9. The first-order valence-electron chi connectivity index (χ1n) is 11.4. The Balaban J connectivity index is 1.45. The van der Waals surface area contributed by atoms with E-state index in [2.05, 4.69) is 27.8 Å². The zero-order valence-electron chi connectivity index (χ0n) is 18.9. The average Bonchev–Trinajstić information content (AvgIpc) is 3.48. The molecule has 1 unspecified atom stereocenters. The number of carbonyl (C=O) groups excluding carboxylic acids is 1. The lowest BCUT2D eigenvalue weighted by Gasteiger charge is -2.35. The largest absolute Gasteiger partial charge is 0.355 e. The van der Waals surface area contributed by atoms with Crippen LogP contribution in [0.5, 0.6) is 0 Å². The zero-order chi connectivity index (χ0) is 22.9. The fourth-order valence-electron chi connectivity index (χ4n) is 4.79. The van der Waals surface area contributed by atoms with E-state index in [1.54, 1.807) is 16.3 Å². The third-order valence-corrected chi connectivity index (χ3v) is 7.32. The van der Waals surface area contributed by atoms with E-state index in [9.17, 15) is 4.79 Å². The molecule has 3 aliphatic heterocycles. The highest BCUT2D eigenvalue weighted by Crippen LogP contribution is 2.28. The van der Waals surface area contributed by atoms with Crippen molar-refractivity contribution in [3.8, 4) is 0 Å². The van der Waals surface area contributed by atoms with E-state index in [-0.39, 0.29) is 18.0 Å². The molecule has 2 aromatic rings. The Bertz CT molecular complexity index is 1170. The number of amidine groups is 1. The van der Waals surface area contributed by atoms with Crippen molar-refractivity contribution in [2.24, 2.45) is 15.8 Å². The van der Waals surface area contributed by atoms with E-state index in [1.165, 1.54) is 0 Å². The molecule has 2 saturated heterocycles. The number of amides is 1. The van der Waals surface area contributed by atoms with Crippen LogP contribution in [0.4, 0.5) is 0 Å². The Morgan fingerprint density at radius 3 is 2.97 bits per heavy atom. The molecule has 5 rings (SSSR count). The SMILES string of the molecule is C=NN1C=C(C)C(N2CC[C@H](N)C2)=N/C1=C/C1CCCCN1C(=O)c1ccc2ncsc2c1. The van der Waals surface area contributed by atoms with Gasteiger partial charge in [0, 0.05) is 49.7 Å². The summed E-state index contributed by atoms with van der Waals surface area (Å²) in [6.07, 6.45) is 7.94. The molecule has 1 amide bonds. The number of likely N-dealkylation sites (tertiary alicyclic amines) is 2. The molecule has 0 bridgehead atoms. The fourth-order valence-corrected chi connectivity index (χ4v) is 5.51. The van der Waals surface area contributed by atoms with Crippen LogP contribution in [0.3, 0.4) is 0 Å². The first kappa shape index (κ1) is 21.8. The molecule has 9 heteroatoms. The third kappa shape index (κ3) is 4.30. The molecule has 2 atom stereocenters. The summed E-state index contributed by atoms with van der Waals surface area (Å²) in [6, 6.07) is 5.86. The van der Waals surface area contributed by atoms with Gasteiger partial charge in [0.15, 0.2) is 5.82 Å². The van der Waals surface area contributed by atoms with Crippen molar-refractivity contribution in [1.82, 2.24) is 19.8 Å². The van der Waals surface area contributed by atoms with Gasteiger partial charge in [0.25, 0.3) is 5.91 Å². The molecule has 2 N–H and O–H groups in total. The number of rotatable bonds is 3. The van der Waals surface area contributed by atoms with Crippen molar-refractivity contribution < 1.29 is 4.79 Å². The van der Waals surface area contributed by atoms with Crippen LogP contribution in [0, 0.1) is 0 Å². The summed E-state index contributed by atoms with van der Waals surface area (Å²) in [5, 5.41) is 5.86. The number of aliphatic imine (C=N–C) groups is 1. The number of nitrogens with two attached hydrogens (primary N) is 1. The summed E-state index contributed by atoms with van der Waals surface area (Å²) in [5.74, 6) is 1.68. The molecular formula is C24H29N7OS. The molecule has 4 heterocycles. The summed E-state index contributed by atoms with van der Waals surface area (Å²) in [6.45, 7) is 8.18. The minimum atomic E-state index is -0.0553. The van der Waals surface area contributed by atoms with Gasteiger partial charge in [0.1, 0.15) is 5.84 Å². The van der Waals surface area contributed by atoms with Crippen LogP contribution < -0.4 is 5.73 Å². The maximum absolute atomic E-state index is 13.5. The van der Waals surface area contributed by atoms with Gasteiger partial charge in [-0.2, -0.15) is 5.10 Å². The topological polar surface area (TPSA) is 90.4 Å². The maximum Gasteiger partial charge on any atom is 0.254 e. The molecule has 0 aliphatic carbocycles. The Morgan fingerprint density at radius 2 is 2.18 bits per heavy atom. The maximum atomic E-state index is 13.5. The molecule has 33 heavy (non-hydrogen) atoms. The summed E-state index contributed by atoms with van der Waals surface area (Å²) < 4.78 is 1.03. The molecule has 2 fully saturated rings. The number of aromatic nitrogens is 1. The number of piperidine rings is 1. The zero-order valence-corrected chi connectivity index (χ0v) is 19.7. The highest BCUT2D eigenvalue weighted by molar-refractivity contribution is 7.16. The standard InChI is InChI=1S/C24H29N7OS/c1-16-13-31(26-2)22(28-23(16)29-10-8-18(25)14-29)12-19-5-3-4-9-30(19)24(32)17-6-7-20-21(11-17)33-15-27-20/h6-7,11-13,15,18-19H,2-5,8-10,14,25H2,1H3/b22-12-/t18-,19?/m0/s1. The van der Waals surface area contributed by atoms with Crippen molar-refractivity contribution in [3.05, 3.63) is 52.9 Å². The minimum absolute atomic E-state index is 0.0437. The number of thiazole rings is 1. The van der Waals surface area contributed by atoms with Gasteiger partial charge in [0.05, 0.1) is 21.8 Å². The predicted molar refractivity (Wildman–Crippen MR) is 133 cm³/mol. The monoisotopic (exact) mass is 463 g/mol. The van der Waals surface area contributed by atoms with E-state index in [4.69, 9.17) is 10.7 Å². The lowest BCUT2D eigenvalue weighted by atomic mass is 10.00. The Labute approximate surface area is 197 Å². The van der Waals surface area contributed by atoms with E-state index in [1.807, 2.05) is 41.7 Å². The van der Waals surface area contributed by atoms with Gasteiger partial charge in [-0.1, -0.05) is 0 Å². The second kappa shape index (κ2) is 9.07. The molecule has 3 aliphatic rings. The summed E-state index contributed by atoms with van der Waals surface area (Å²) >= 11 is 1.55. The van der Waals surface area contributed by atoms with Gasteiger partial charge >= 0.3 is 0 Å². The summed E-state index contributed by atoms with van der Waals surface area (Å²) in [7, 11) is 0. The van der Waals surface area contributed by atoms with Gasteiger partial charge < -0.3 is 15.5 Å². The van der Waals surface area contributed by atoms with Crippen molar-refractivity contribution in [2.45, 2.75) is 44.7 Å². The van der Waals surface area contributed by atoms with Crippen LogP contribution >= 0.6 is 11.3 Å². The van der Waals surface area contributed by atoms with Gasteiger partial charge in [-0.15, -0.1) is 11.3 Å². The first-order chi connectivity index (χ1) is 16.0. The number of hydrogen-bond acceptors (Lipinski definition) is 8. The van der Waals surface area contributed by atoms with Crippen LogP contribution in [0.15, 0.2) is 57.5 Å². The van der Waals surface area contributed by atoms with Crippen LogP contribution in [-0.4, -0.2) is 70.0 Å². The average molecular weight is 464 g/mol. The molecule has 1 aromatic heterocycles. The lowest BCUT2D eigenvalue weighted by Crippen LogP contribution is -2.43. The number of fused-ring (bicyclic) bond motifs is 1. The molecule has 0 radical (unpaired) electrons. The van der Waals surface area contributed by atoms with Crippen LogP contribution in [-0.2, 0) is 0 Å². The smallest absolute Gasteiger partial charge is 0.254 e. The van der Waals surface area contributed by atoms with Crippen molar-refractivity contribution in [3.63, 3.8) is 0 Å². The molecule has 8 nitrogen and oxygen atoms in total. The molecule has 0 spiro atoms. The molecule has 0 saturated carbocycles. The van der Waals surface area contributed by atoms with Gasteiger partial charge in [0.2, 0.25) is 0 Å². The predicted octanol–water partition coefficient (Wildman–Crippen LogP) is 3.40. The van der Waals surface area contributed by atoms with E-state index < -0.39 is 0 Å². The Hall–Kier alpha value is -3.04. The second-order valence-electron chi connectivity index (χ2n) is 8.85. The minimum Gasteiger partial charge on any atom is -0.355 e. The number of hydrogen-bond donors (Lipinski definition) is 1. The molecule has 1 aromatic carbocycles. The number of nitrogens with zero attached hydrogens (tertiary/aromatic N) is 6. The van der Waals surface area contributed by atoms with Crippen LogP contribution in [0.2, 0.25) is 0 Å². The number of benzene rings is 1. The highest BCUT2D eigenvalue weighted by Gasteiger charge is 2.30. The van der Waals surface area contributed by atoms with Crippen molar-refractivity contribution in [2.75, 3.05) is 19.6 Å². The second-order valence-corrected chi connectivity index (χ2v) is 9.74. The molecular weight excluding hydrogens is 434 g/mol. The van der Waals surface area contributed by atoms with E-state index in [0.717, 1.165) is 66.9 Å². The third-order valence-electron chi connectivity index (χ3n) is 6.53.